The summed E-state index contributed by atoms with van der Waals surface area (Å²) in [4.78, 5) is 1.71. The molecule has 1 aromatic carbocycles. The van der Waals surface area contributed by atoms with E-state index in [9.17, 15) is 5.11 Å². The van der Waals surface area contributed by atoms with Gasteiger partial charge >= 0.3 is 0 Å². The van der Waals surface area contributed by atoms with E-state index in [0.717, 1.165) is 5.56 Å². The molecular weight excluding hydrogens is 174 g/mol. The molecule has 1 aromatic rings. The number of hydrogen-bond donors (Lipinski definition) is 1. The van der Waals surface area contributed by atoms with E-state index in [0.29, 0.717) is 6.54 Å². The predicted octanol–water partition coefficient (Wildman–Crippen LogP) is 1.64. The summed E-state index contributed by atoms with van der Waals surface area (Å²) in [7, 11) is 0. The Kier molecular flexibility index (Phi) is 1.92. The van der Waals surface area contributed by atoms with Crippen molar-refractivity contribution in [1.82, 2.24) is 4.90 Å². The lowest BCUT2D eigenvalue weighted by Gasteiger charge is -2.29. The molecule has 1 fully saturated rings. The number of rotatable bonds is 2. The molecule has 0 atom stereocenters. The highest BCUT2D eigenvalue weighted by atomic mass is 16.3. The summed E-state index contributed by atoms with van der Waals surface area (Å²) in [5.41, 5.74) is 1.01. The molecule has 2 nitrogen and oxygen atoms in total. The van der Waals surface area contributed by atoms with Crippen LogP contribution in [0.5, 0.6) is 0 Å². The monoisotopic (exact) mass is 195 g/mol. The van der Waals surface area contributed by atoms with Crippen molar-refractivity contribution in [3.63, 3.8) is 0 Å². The van der Waals surface area contributed by atoms with Crippen molar-refractivity contribution in [2.45, 2.75) is 25.4 Å². The molecule has 2 rings (SSSR count). The first kappa shape index (κ1) is 5.89. The van der Waals surface area contributed by atoms with Crippen molar-refractivity contribution < 1.29 is 10.6 Å². The second-order valence-electron chi connectivity index (χ2n) is 3.44. The van der Waals surface area contributed by atoms with E-state index >= 15 is 0 Å². The van der Waals surface area contributed by atoms with Crippen LogP contribution in [0.2, 0.25) is 0 Å². The number of nitrogens with zero attached hydrogens (tertiary/aromatic N) is 1. The van der Waals surface area contributed by atoms with Crippen LogP contribution >= 0.6 is 0 Å². The largest absolute Gasteiger partial charge is 0.393 e. The summed E-state index contributed by atoms with van der Waals surface area (Å²) in [6.45, 7) is 0.581. The molecule has 2 heteroatoms. The molecule has 0 unspecified atom stereocenters. The van der Waals surface area contributed by atoms with Crippen LogP contribution in [0.3, 0.4) is 0 Å². The number of benzene rings is 1. The predicted molar refractivity (Wildman–Crippen MR) is 57.0 cm³/mol. The highest BCUT2D eigenvalue weighted by Crippen LogP contribution is 2.13. The maximum absolute atomic E-state index is 9.67. The van der Waals surface area contributed by atoms with Gasteiger partial charge in [-0.05, 0) is 18.3 Å². The van der Waals surface area contributed by atoms with Crippen LogP contribution < -0.4 is 0 Å². The molecule has 1 N–H and O–H groups in total. The Hall–Kier alpha value is -0.860. The average Bonchev–Trinajstić information content (AvgIpc) is 2.26. The zero-order valence-corrected chi connectivity index (χ0v) is 7.98. The minimum Gasteiger partial charge on any atom is -0.393 e. The van der Waals surface area contributed by atoms with Crippen LogP contribution in [0.1, 0.15) is 23.8 Å². The molecule has 0 radical (unpaired) electrons. The van der Waals surface area contributed by atoms with Gasteiger partial charge in [-0.1, -0.05) is 30.3 Å². The average molecular weight is 195 g/mol. The van der Waals surface area contributed by atoms with Crippen molar-refractivity contribution in [1.29, 1.82) is 0 Å². The molecule has 1 saturated heterocycles. The molecule has 14 heavy (non-hydrogen) atoms. The van der Waals surface area contributed by atoms with E-state index in [1.54, 1.807) is 4.90 Å². The third-order valence-electron chi connectivity index (χ3n) is 2.27. The molecular formula is C12H17NO. The first-order chi connectivity index (χ1) is 8.31. The number of aliphatic hydroxyl groups is 1. The van der Waals surface area contributed by atoms with Gasteiger partial charge < -0.3 is 5.11 Å². The summed E-state index contributed by atoms with van der Waals surface area (Å²) >= 11 is 0. The molecule has 0 bridgehead atoms. The Labute approximate surface area is 90.8 Å². The SMILES string of the molecule is [2H]C1([2H])CN(Cc2ccccc2)CC([2H])([2H])C1O. The van der Waals surface area contributed by atoms with Crippen LogP contribution in [-0.2, 0) is 6.54 Å². The third kappa shape index (κ3) is 2.56. The van der Waals surface area contributed by atoms with E-state index in [4.69, 9.17) is 5.48 Å². The van der Waals surface area contributed by atoms with Crippen molar-refractivity contribution in [2.75, 3.05) is 13.1 Å². The quantitative estimate of drug-likeness (QED) is 0.775. The topological polar surface area (TPSA) is 23.5 Å². The summed E-state index contributed by atoms with van der Waals surface area (Å²) in [6, 6.07) is 9.56. The van der Waals surface area contributed by atoms with Crippen LogP contribution in [0.15, 0.2) is 30.3 Å². The molecule has 0 saturated carbocycles. The zero-order valence-electron chi connectivity index (χ0n) is 12.0. The first-order valence-corrected chi connectivity index (χ1v) is 4.76. The van der Waals surface area contributed by atoms with Gasteiger partial charge in [0, 0.05) is 25.1 Å². The first-order valence-electron chi connectivity index (χ1n) is 6.76. The van der Waals surface area contributed by atoms with Gasteiger partial charge in [0.15, 0.2) is 0 Å². The van der Waals surface area contributed by atoms with E-state index < -0.39 is 18.8 Å². The Balaban J connectivity index is 2.12. The minimum absolute atomic E-state index is 0.0442. The molecule has 1 aliphatic heterocycles. The lowest BCUT2D eigenvalue weighted by Crippen LogP contribution is -2.35. The summed E-state index contributed by atoms with van der Waals surface area (Å²) in [5, 5.41) is 9.67. The van der Waals surface area contributed by atoms with Gasteiger partial charge in [0.2, 0.25) is 0 Å². The fourth-order valence-corrected chi connectivity index (χ4v) is 1.51. The van der Waals surface area contributed by atoms with Gasteiger partial charge in [0.05, 0.1) is 6.10 Å². The number of piperidine rings is 1. The summed E-state index contributed by atoms with van der Waals surface area (Å²) < 4.78 is 30.9. The molecule has 0 amide bonds. The smallest absolute Gasteiger partial charge is 0.0564 e. The maximum Gasteiger partial charge on any atom is 0.0564 e. The maximum atomic E-state index is 9.67. The summed E-state index contributed by atoms with van der Waals surface area (Å²) in [5.74, 6) is 0. The Morgan fingerprint density at radius 2 is 1.93 bits per heavy atom. The van der Waals surface area contributed by atoms with Crippen molar-refractivity contribution in [2.24, 2.45) is 0 Å². The Bertz CT molecular complexity index is 392. The standard InChI is InChI=1S/C12H17NO/c14-12-6-8-13(9-7-12)10-11-4-2-1-3-5-11/h1-5,12,14H,6-10H2/i6D2,7D2. The number of likely N-dealkylation sites (tertiary alicyclic amines) is 1. The second kappa shape index (κ2) is 4.58. The second-order valence-corrected chi connectivity index (χ2v) is 3.44. The molecule has 0 aromatic heterocycles. The summed E-state index contributed by atoms with van der Waals surface area (Å²) in [6.07, 6.45) is -5.41. The molecule has 0 spiro atoms. The van der Waals surface area contributed by atoms with Crippen LogP contribution in [0.4, 0.5) is 0 Å². The van der Waals surface area contributed by atoms with Gasteiger partial charge in [0.25, 0.3) is 0 Å². The van der Waals surface area contributed by atoms with E-state index in [1.807, 2.05) is 30.3 Å². The third-order valence-corrected chi connectivity index (χ3v) is 2.27. The zero-order chi connectivity index (χ0) is 13.4. The number of hydrogen-bond acceptors (Lipinski definition) is 2. The fourth-order valence-electron chi connectivity index (χ4n) is 1.51. The normalized spacial score (nSPS) is 31.2. The molecule has 0 aliphatic carbocycles. The van der Waals surface area contributed by atoms with E-state index in [2.05, 4.69) is 0 Å². The van der Waals surface area contributed by atoms with Gasteiger partial charge in [-0.15, -0.1) is 0 Å². The van der Waals surface area contributed by atoms with Gasteiger partial charge in [-0.2, -0.15) is 0 Å². The van der Waals surface area contributed by atoms with Crippen molar-refractivity contribution in [3.05, 3.63) is 35.9 Å². The Morgan fingerprint density at radius 1 is 1.29 bits per heavy atom. The molecule has 76 valence electrons. The van der Waals surface area contributed by atoms with Crippen molar-refractivity contribution >= 4 is 0 Å². The lowest BCUT2D eigenvalue weighted by molar-refractivity contribution is 0.0792. The van der Waals surface area contributed by atoms with E-state index in [1.165, 1.54) is 0 Å². The highest BCUT2D eigenvalue weighted by molar-refractivity contribution is 5.14. The fraction of sp³-hybridized carbons (Fsp3) is 0.500. The molecule has 1 aliphatic rings. The van der Waals surface area contributed by atoms with Gasteiger partial charge in [-0.3, -0.25) is 4.90 Å². The van der Waals surface area contributed by atoms with Crippen LogP contribution in [0, 0.1) is 0 Å². The van der Waals surface area contributed by atoms with E-state index in [-0.39, 0.29) is 13.1 Å². The number of aliphatic hydroxyl groups excluding tert-OH is 1. The minimum atomic E-state index is -1.92. The highest BCUT2D eigenvalue weighted by Gasteiger charge is 2.16. The van der Waals surface area contributed by atoms with Crippen LogP contribution in [0.25, 0.3) is 0 Å². The van der Waals surface area contributed by atoms with Gasteiger partial charge in [-0.25, -0.2) is 0 Å². The van der Waals surface area contributed by atoms with Crippen LogP contribution in [-0.4, -0.2) is 29.2 Å². The van der Waals surface area contributed by atoms with Gasteiger partial charge in [0.1, 0.15) is 0 Å². The van der Waals surface area contributed by atoms with Crippen molar-refractivity contribution in [3.8, 4) is 0 Å². The Morgan fingerprint density at radius 3 is 2.57 bits per heavy atom. The lowest BCUT2D eigenvalue weighted by atomic mass is 10.1. The molecule has 1 heterocycles.